The first-order chi connectivity index (χ1) is 9.70. The van der Waals surface area contributed by atoms with Crippen LogP contribution in [0.4, 0.5) is 0 Å². The van der Waals surface area contributed by atoms with Crippen LogP contribution < -0.4 is 5.32 Å². The minimum atomic E-state index is 0.754. The lowest BCUT2D eigenvalue weighted by Gasteiger charge is -2.26. The van der Waals surface area contributed by atoms with E-state index in [1.54, 1.807) is 0 Å². The lowest BCUT2D eigenvalue weighted by atomic mass is 10.1. The number of hydrogen-bond acceptors (Lipinski definition) is 3. The number of nitrogens with one attached hydrogen (secondary N) is 1. The molecule has 1 aromatic rings. The molecule has 3 nitrogen and oxygen atoms in total. The Hall–Kier alpha value is -0.800. The van der Waals surface area contributed by atoms with Gasteiger partial charge in [0.1, 0.15) is 11.5 Å². The predicted octanol–water partition coefficient (Wildman–Crippen LogP) is 3.85. The molecule has 3 heteroatoms. The van der Waals surface area contributed by atoms with Crippen molar-refractivity contribution >= 4 is 0 Å². The highest BCUT2D eigenvalue weighted by Gasteiger charge is 2.18. The molecule has 1 aromatic heterocycles. The molecule has 1 N–H and O–H groups in total. The number of nitrogens with zero attached hydrogens (tertiary/aromatic N) is 1. The summed E-state index contributed by atoms with van der Waals surface area (Å²) in [6.45, 7) is 7.05. The van der Waals surface area contributed by atoms with Crippen LogP contribution in [0.25, 0.3) is 0 Å². The van der Waals surface area contributed by atoms with E-state index in [9.17, 15) is 0 Å². The van der Waals surface area contributed by atoms with Gasteiger partial charge in [-0.1, -0.05) is 32.6 Å². The summed E-state index contributed by atoms with van der Waals surface area (Å²) in [5.41, 5.74) is 1.35. The number of rotatable bonds is 6. The summed E-state index contributed by atoms with van der Waals surface area (Å²) in [5.74, 6) is 2.15. The van der Waals surface area contributed by atoms with Gasteiger partial charge in [0.2, 0.25) is 0 Å². The zero-order chi connectivity index (χ0) is 14.4. The maximum Gasteiger partial charge on any atom is 0.118 e. The van der Waals surface area contributed by atoms with Crippen molar-refractivity contribution in [1.29, 1.82) is 0 Å². The van der Waals surface area contributed by atoms with Gasteiger partial charge in [-0.2, -0.15) is 0 Å². The minimum absolute atomic E-state index is 0.754. The highest BCUT2D eigenvalue weighted by molar-refractivity contribution is 5.20. The number of hydrogen-bond donors (Lipinski definition) is 1. The van der Waals surface area contributed by atoms with Gasteiger partial charge in [-0.3, -0.25) is 4.90 Å². The standard InChI is InChI=1S/C17H30N2O/c1-4-18-12-17-11-15(14(2)20-17)13-19(3)16-9-7-5-6-8-10-16/h11,16,18H,4-10,12-13H2,1-3H3. The van der Waals surface area contributed by atoms with Crippen molar-refractivity contribution in [2.75, 3.05) is 13.6 Å². The van der Waals surface area contributed by atoms with E-state index in [-0.39, 0.29) is 0 Å². The van der Waals surface area contributed by atoms with E-state index in [1.165, 1.54) is 44.1 Å². The summed E-state index contributed by atoms with van der Waals surface area (Å²) >= 11 is 0. The first-order valence-electron chi connectivity index (χ1n) is 8.20. The maximum atomic E-state index is 5.84. The fourth-order valence-corrected chi connectivity index (χ4v) is 3.18. The molecule has 20 heavy (non-hydrogen) atoms. The molecular formula is C17H30N2O. The third-order valence-corrected chi connectivity index (χ3v) is 4.49. The van der Waals surface area contributed by atoms with Crippen LogP contribution >= 0.6 is 0 Å². The first kappa shape index (κ1) is 15.6. The summed E-state index contributed by atoms with van der Waals surface area (Å²) in [6, 6.07) is 2.98. The fraction of sp³-hybridized carbons (Fsp3) is 0.765. The van der Waals surface area contributed by atoms with Crippen LogP contribution in [0.1, 0.15) is 62.5 Å². The molecule has 1 fully saturated rings. The van der Waals surface area contributed by atoms with Crippen LogP contribution in [0.15, 0.2) is 10.5 Å². The molecule has 0 aromatic carbocycles. The van der Waals surface area contributed by atoms with Crippen molar-refractivity contribution in [2.45, 2.75) is 71.5 Å². The molecule has 1 saturated carbocycles. The highest BCUT2D eigenvalue weighted by Crippen LogP contribution is 2.24. The Labute approximate surface area is 123 Å². The molecule has 0 saturated heterocycles. The number of furan rings is 1. The van der Waals surface area contributed by atoms with Crippen molar-refractivity contribution in [2.24, 2.45) is 0 Å². The summed E-state index contributed by atoms with van der Waals surface area (Å²) in [6.07, 6.45) is 8.34. The van der Waals surface area contributed by atoms with E-state index in [2.05, 4.69) is 37.2 Å². The second kappa shape index (κ2) is 7.84. The van der Waals surface area contributed by atoms with Crippen molar-refractivity contribution < 1.29 is 4.42 Å². The van der Waals surface area contributed by atoms with Gasteiger partial charge in [0, 0.05) is 18.2 Å². The zero-order valence-electron chi connectivity index (χ0n) is 13.4. The van der Waals surface area contributed by atoms with Gasteiger partial charge in [0.15, 0.2) is 0 Å². The molecule has 2 rings (SSSR count). The van der Waals surface area contributed by atoms with Crippen molar-refractivity contribution in [3.63, 3.8) is 0 Å². The van der Waals surface area contributed by atoms with E-state index in [4.69, 9.17) is 4.42 Å². The van der Waals surface area contributed by atoms with E-state index in [0.717, 1.165) is 37.2 Å². The van der Waals surface area contributed by atoms with Crippen LogP contribution in [0.2, 0.25) is 0 Å². The summed E-state index contributed by atoms with van der Waals surface area (Å²) in [7, 11) is 2.27. The van der Waals surface area contributed by atoms with Crippen molar-refractivity contribution in [1.82, 2.24) is 10.2 Å². The smallest absolute Gasteiger partial charge is 0.118 e. The fourth-order valence-electron chi connectivity index (χ4n) is 3.18. The van der Waals surface area contributed by atoms with Gasteiger partial charge in [-0.25, -0.2) is 0 Å². The van der Waals surface area contributed by atoms with Crippen LogP contribution in [0, 0.1) is 6.92 Å². The van der Waals surface area contributed by atoms with Gasteiger partial charge in [-0.05, 0) is 39.4 Å². The van der Waals surface area contributed by atoms with Crippen LogP contribution in [0.3, 0.4) is 0 Å². The largest absolute Gasteiger partial charge is 0.465 e. The Morgan fingerprint density at radius 1 is 1.25 bits per heavy atom. The van der Waals surface area contributed by atoms with Crippen LogP contribution in [0.5, 0.6) is 0 Å². The predicted molar refractivity (Wildman–Crippen MR) is 83.8 cm³/mol. The Morgan fingerprint density at radius 2 is 1.95 bits per heavy atom. The van der Waals surface area contributed by atoms with Crippen LogP contribution in [-0.4, -0.2) is 24.5 Å². The lowest BCUT2D eigenvalue weighted by Crippen LogP contribution is -2.30. The molecular weight excluding hydrogens is 248 g/mol. The molecule has 0 spiro atoms. The normalized spacial score (nSPS) is 17.6. The molecule has 1 aliphatic rings. The third kappa shape index (κ3) is 4.35. The van der Waals surface area contributed by atoms with E-state index >= 15 is 0 Å². The van der Waals surface area contributed by atoms with Gasteiger partial charge < -0.3 is 9.73 Å². The van der Waals surface area contributed by atoms with Crippen LogP contribution in [-0.2, 0) is 13.1 Å². The van der Waals surface area contributed by atoms with Gasteiger partial charge >= 0.3 is 0 Å². The molecule has 1 heterocycles. The monoisotopic (exact) mass is 278 g/mol. The topological polar surface area (TPSA) is 28.4 Å². The quantitative estimate of drug-likeness (QED) is 0.801. The third-order valence-electron chi connectivity index (χ3n) is 4.49. The molecule has 114 valence electrons. The molecule has 0 unspecified atom stereocenters. The minimum Gasteiger partial charge on any atom is -0.465 e. The van der Waals surface area contributed by atoms with Gasteiger partial charge in [0.05, 0.1) is 6.54 Å². The molecule has 0 aliphatic heterocycles. The second-order valence-electron chi connectivity index (χ2n) is 6.13. The summed E-state index contributed by atoms with van der Waals surface area (Å²) < 4.78 is 5.84. The Morgan fingerprint density at radius 3 is 2.60 bits per heavy atom. The molecule has 1 aliphatic carbocycles. The van der Waals surface area contributed by atoms with Crippen molar-refractivity contribution in [3.05, 3.63) is 23.2 Å². The SMILES string of the molecule is CCNCc1cc(CN(C)C2CCCCCC2)c(C)o1. The Balaban J connectivity index is 1.92. The highest BCUT2D eigenvalue weighted by atomic mass is 16.3. The first-order valence-corrected chi connectivity index (χ1v) is 8.20. The molecule has 0 amide bonds. The van der Waals surface area contributed by atoms with Gasteiger partial charge in [-0.15, -0.1) is 0 Å². The van der Waals surface area contributed by atoms with Crippen molar-refractivity contribution in [3.8, 4) is 0 Å². The maximum absolute atomic E-state index is 5.84. The molecule has 0 bridgehead atoms. The van der Waals surface area contributed by atoms with E-state index in [0.29, 0.717) is 0 Å². The average molecular weight is 278 g/mol. The molecule has 0 atom stereocenters. The Kier molecular flexibility index (Phi) is 6.11. The number of aryl methyl sites for hydroxylation is 1. The second-order valence-corrected chi connectivity index (χ2v) is 6.13. The zero-order valence-corrected chi connectivity index (χ0v) is 13.4. The van der Waals surface area contributed by atoms with E-state index in [1.807, 2.05) is 0 Å². The average Bonchev–Trinajstić information content (AvgIpc) is 2.67. The lowest BCUT2D eigenvalue weighted by molar-refractivity contribution is 0.212. The molecule has 0 radical (unpaired) electrons. The summed E-state index contributed by atoms with van der Waals surface area (Å²) in [4.78, 5) is 2.53. The van der Waals surface area contributed by atoms with Gasteiger partial charge in [0.25, 0.3) is 0 Å². The van der Waals surface area contributed by atoms with E-state index < -0.39 is 0 Å². The summed E-state index contributed by atoms with van der Waals surface area (Å²) in [5, 5.41) is 3.32. The Bertz CT molecular complexity index is 392.